The summed E-state index contributed by atoms with van der Waals surface area (Å²) in [6.07, 6.45) is 0. The average Bonchev–Trinajstić information content (AvgIpc) is 4.07. The molecule has 5 aromatic heterocycles. The molecule has 0 radical (unpaired) electrons. The molecule has 0 unspecified atom stereocenters. The maximum absolute atomic E-state index is 5.95. The van der Waals surface area contributed by atoms with Crippen molar-refractivity contribution in [3.05, 3.63) is 219 Å². The van der Waals surface area contributed by atoms with Gasteiger partial charge < -0.3 is 34.7 Å². The zero-order chi connectivity index (χ0) is 56.8. The SMILES string of the molecule is Cc1noc(C)c1-c1nc(NCc2ccccc2)c2ccccc2n1.Cc1noc(C)c1B1OC(C)(C)C(C)(C)O1.Clc1nc(Cl)c2ccccc2n1.Clc1nc(NCc2ccccc2)c2ccccc2n1.NCc1ccccc1. The molecule has 19 heteroatoms. The fraction of sp³-hybridized carbons (Fsp3) is 0.213. The van der Waals surface area contributed by atoms with E-state index in [9.17, 15) is 0 Å². The van der Waals surface area contributed by atoms with Gasteiger partial charge >= 0.3 is 7.12 Å². The van der Waals surface area contributed by atoms with Crippen molar-refractivity contribution in [2.45, 2.75) is 86.2 Å². The van der Waals surface area contributed by atoms with E-state index in [2.05, 4.69) is 65.1 Å². The topological polar surface area (TPSA) is 198 Å². The van der Waals surface area contributed by atoms with Crippen LogP contribution in [0, 0.1) is 27.7 Å². The Bertz CT molecular complexity index is 3740. The number of aromatic nitrogens is 8. The van der Waals surface area contributed by atoms with Gasteiger partial charge in [0.05, 0.1) is 44.7 Å². The quantitative estimate of drug-likeness (QED) is 0.0700. The molecule has 0 bridgehead atoms. The molecule has 0 aliphatic carbocycles. The summed E-state index contributed by atoms with van der Waals surface area (Å²) < 4.78 is 22.3. The van der Waals surface area contributed by atoms with Crippen molar-refractivity contribution < 1.29 is 18.4 Å². The van der Waals surface area contributed by atoms with E-state index in [1.165, 1.54) is 16.7 Å². The fourth-order valence-corrected chi connectivity index (χ4v) is 8.92. The maximum Gasteiger partial charge on any atom is 0.500 e. The highest BCUT2D eigenvalue weighted by molar-refractivity contribution is 6.63. The van der Waals surface area contributed by atoms with Crippen molar-refractivity contribution in [2.75, 3.05) is 10.6 Å². The first-order valence-electron chi connectivity index (χ1n) is 25.8. The average molecular weight is 1130 g/mol. The Morgan fingerprint density at radius 1 is 0.463 bits per heavy atom. The monoisotopic (exact) mass is 1130 g/mol. The highest BCUT2D eigenvalue weighted by Crippen LogP contribution is 2.37. The molecule has 12 rings (SSSR count). The number of nitrogens with one attached hydrogen (secondary N) is 2. The minimum absolute atomic E-state index is 0.179. The summed E-state index contributed by atoms with van der Waals surface area (Å²) in [7, 11) is -0.378. The Balaban J connectivity index is 0.000000137. The summed E-state index contributed by atoms with van der Waals surface area (Å²) in [6.45, 7) is 17.7. The summed E-state index contributed by atoms with van der Waals surface area (Å²) in [4.78, 5) is 25.8. The summed E-state index contributed by atoms with van der Waals surface area (Å²) >= 11 is 17.4. The van der Waals surface area contributed by atoms with Gasteiger partial charge in [0.1, 0.15) is 28.3 Å². The van der Waals surface area contributed by atoms with Crippen LogP contribution in [0.5, 0.6) is 0 Å². The second-order valence-electron chi connectivity index (χ2n) is 19.5. The summed E-state index contributed by atoms with van der Waals surface area (Å²) in [5.74, 6) is 3.69. The molecule has 6 aromatic carbocycles. The Morgan fingerprint density at radius 2 is 0.875 bits per heavy atom. The van der Waals surface area contributed by atoms with E-state index in [4.69, 9.17) is 68.9 Å². The lowest BCUT2D eigenvalue weighted by Crippen LogP contribution is -2.41. The zero-order valence-electron chi connectivity index (χ0n) is 45.7. The summed E-state index contributed by atoms with van der Waals surface area (Å²) in [5.41, 5.74) is 14.2. The predicted octanol–water partition coefficient (Wildman–Crippen LogP) is 14.1. The van der Waals surface area contributed by atoms with Crippen LogP contribution in [0.1, 0.15) is 67.3 Å². The van der Waals surface area contributed by atoms with Gasteiger partial charge in [-0.25, -0.2) is 29.9 Å². The molecule has 0 amide bonds. The minimum Gasteiger partial charge on any atom is -0.399 e. The molecular weight excluding hydrogens is 1070 g/mol. The maximum atomic E-state index is 5.95. The molecule has 0 atom stereocenters. The number of nitrogens with zero attached hydrogens (tertiary/aromatic N) is 8. The van der Waals surface area contributed by atoms with Crippen LogP contribution in [-0.2, 0) is 28.9 Å². The molecule has 1 aliphatic rings. The van der Waals surface area contributed by atoms with Crippen LogP contribution >= 0.6 is 34.8 Å². The van der Waals surface area contributed by atoms with Crippen LogP contribution in [0.15, 0.2) is 173 Å². The van der Waals surface area contributed by atoms with Gasteiger partial charge in [-0.3, -0.25) is 0 Å². The number of anilines is 2. The Labute approximate surface area is 480 Å². The first kappa shape index (κ1) is 58.3. The second-order valence-corrected chi connectivity index (χ2v) is 20.5. The lowest BCUT2D eigenvalue weighted by atomic mass is 9.77. The van der Waals surface area contributed by atoms with Gasteiger partial charge in [-0.1, -0.05) is 149 Å². The molecule has 6 heterocycles. The third-order valence-corrected chi connectivity index (χ3v) is 13.9. The number of halogens is 3. The number of aryl methyl sites for hydroxylation is 4. The molecule has 80 heavy (non-hydrogen) atoms. The normalized spacial score (nSPS) is 13.0. The predicted molar refractivity (Wildman–Crippen MR) is 322 cm³/mol. The molecule has 4 N–H and O–H groups in total. The minimum atomic E-state index is -0.378. The second kappa shape index (κ2) is 26.9. The van der Waals surface area contributed by atoms with Gasteiger partial charge in [-0.15, -0.1) is 0 Å². The van der Waals surface area contributed by atoms with E-state index < -0.39 is 0 Å². The third-order valence-electron chi connectivity index (χ3n) is 13.2. The van der Waals surface area contributed by atoms with Gasteiger partial charge in [-0.05, 0) is 132 Å². The molecule has 0 saturated carbocycles. The van der Waals surface area contributed by atoms with Crippen LogP contribution < -0.4 is 21.8 Å². The van der Waals surface area contributed by atoms with E-state index in [0.29, 0.717) is 30.6 Å². The van der Waals surface area contributed by atoms with Crippen LogP contribution in [0.2, 0.25) is 15.7 Å². The fourth-order valence-electron chi connectivity index (χ4n) is 8.28. The Morgan fingerprint density at radius 3 is 1.34 bits per heavy atom. The van der Waals surface area contributed by atoms with E-state index in [-0.39, 0.29) is 28.9 Å². The number of nitrogens with two attached hydrogens (primary N) is 1. The van der Waals surface area contributed by atoms with Gasteiger partial charge in [0.15, 0.2) is 5.82 Å². The third kappa shape index (κ3) is 14.9. The molecule has 1 saturated heterocycles. The Hall–Kier alpha value is -7.83. The van der Waals surface area contributed by atoms with Crippen molar-refractivity contribution in [2.24, 2.45) is 5.73 Å². The number of rotatable bonds is 9. The lowest BCUT2D eigenvalue weighted by Gasteiger charge is -2.32. The van der Waals surface area contributed by atoms with Gasteiger partial charge in [-0.2, -0.15) is 0 Å². The van der Waals surface area contributed by atoms with Crippen LogP contribution in [0.25, 0.3) is 44.1 Å². The molecule has 1 fully saturated rings. The van der Waals surface area contributed by atoms with E-state index in [0.717, 1.165) is 78.3 Å². The number of hydrogen-bond donors (Lipinski definition) is 3. The number of para-hydroxylation sites is 3. The first-order chi connectivity index (χ1) is 38.5. The molecule has 1 aliphatic heterocycles. The number of fused-ring (bicyclic) bond motifs is 3. The van der Waals surface area contributed by atoms with Gasteiger partial charge in [0, 0.05) is 41.3 Å². The Kier molecular flexibility index (Phi) is 19.6. The number of benzene rings is 6. The van der Waals surface area contributed by atoms with Crippen molar-refractivity contribution in [1.29, 1.82) is 0 Å². The van der Waals surface area contributed by atoms with Crippen LogP contribution in [0.4, 0.5) is 11.6 Å². The lowest BCUT2D eigenvalue weighted by molar-refractivity contribution is 0.00578. The molecule has 11 aromatic rings. The molecule has 408 valence electrons. The molecule has 0 spiro atoms. The molecule has 15 nitrogen and oxygen atoms in total. The van der Waals surface area contributed by atoms with E-state index in [1.54, 1.807) is 0 Å². The van der Waals surface area contributed by atoms with E-state index in [1.807, 2.05) is 195 Å². The van der Waals surface area contributed by atoms with Gasteiger partial charge in [0.25, 0.3) is 0 Å². The van der Waals surface area contributed by atoms with Gasteiger partial charge in [0.2, 0.25) is 10.6 Å². The van der Waals surface area contributed by atoms with E-state index >= 15 is 0 Å². The summed E-state index contributed by atoms with van der Waals surface area (Å²) in [6, 6.07) is 53.7. The number of hydrogen-bond acceptors (Lipinski definition) is 15. The standard InChI is InChI=1S/C20H18N4O.C15H12ClN3.C11H18BNO3.C8H4Cl2N2.C7H9N/c1-13-18(14(2)25-24-13)20-22-17-11-7-6-10-16(17)19(23-20)21-12-15-8-4-3-5-9-15;16-15-18-13-9-5-4-8-12(13)14(19-15)17-10-11-6-2-1-3-7-11;1-7-9(8(2)14-13-7)12-15-10(3,4)11(5,6)16-12;9-7-5-3-1-2-4-6(5)11-8(10)12-7;8-6-7-4-2-1-3-5-7/h3-11H,12H2,1-2H3,(H,21,22,23);1-9H,10H2,(H,17,18,19);1-6H3;1-4H;1-5H,6,8H2. The largest absolute Gasteiger partial charge is 0.500 e. The van der Waals surface area contributed by atoms with Crippen LogP contribution in [-0.4, -0.2) is 58.5 Å². The van der Waals surface area contributed by atoms with Crippen molar-refractivity contribution >= 4 is 91.7 Å². The van der Waals surface area contributed by atoms with Crippen molar-refractivity contribution in [3.63, 3.8) is 0 Å². The molecular formula is C61H61BCl3N11O4. The highest BCUT2D eigenvalue weighted by atomic mass is 35.5. The first-order valence-corrected chi connectivity index (χ1v) is 26.9. The summed E-state index contributed by atoms with van der Waals surface area (Å²) in [5, 5.41) is 18.3. The smallest absolute Gasteiger partial charge is 0.399 e. The zero-order valence-corrected chi connectivity index (χ0v) is 48.0. The highest BCUT2D eigenvalue weighted by Gasteiger charge is 2.53. The van der Waals surface area contributed by atoms with Crippen molar-refractivity contribution in [3.8, 4) is 11.4 Å². The van der Waals surface area contributed by atoms with Crippen molar-refractivity contribution in [1.82, 2.24) is 40.2 Å². The van der Waals surface area contributed by atoms with Crippen LogP contribution in [0.3, 0.4) is 0 Å².